The van der Waals surface area contributed by atoms with Crippen LogP contribution in [-0.4, -0.2) is 30.0 Å². The third-order valence-electron chi connectivity index (χ3n) is 5.56. The molecule has 0 N–H and O–H groups in total. The number of rotatable bonds is 7. The van der Waals surface area contributed by atoms with Crippen molar-refractivity contribution < 1.29 is 14.3 Å². The predicted molar refractivity (Wildman–Crippen MR) is 162 cm³/mol. The van der Waals surface area contributed by atoms with Crippen LogP contribution in [0.2, 0.25) is 0 Å². The predicted octanol–water partition coefficient (Wildman–Crippen LogP) is 5.13. The second-order valence-electron chi connectivity index (χ2n) is 7.82. The number of aromatic nitrogens is 1. The van der Waals surface area contributed by atoms with Crippen LogP contribution in [0.4, 0.5) is 0 Å². The summed E-state index contributed by atoms with van der Waals surface area (Å²) < 4.78 is 15.2. The number of benzene rings is 2. The normalized spacial score (nSPS) is 15.5. The lowest BCUT2D eigenvalue weighted by molar-refractivity contribution is -0.139. The summed E-state index contributed by atoms with van der Waals surface area (Å²) in [5.74, 6) is 0.392. The molecule has 0 amide bonds. The molecule has 10 heteroatoms. The SMILES string of the molecule is CCOC(=O)C1=C(C)N=c2s/c(=C\c3cc(I)c(OCC)c(I)c3)c(=O)n2[C@H]1c1ccc(SC)cc1. The number of thioether (sulfide) groups is 1. The topological polar surface area (TPSA) is 69.9 Å². The lowest BCUT2D eigenvalue weighted by Crippen LogP contribution is -2.39. The van der Waals surface area contributed by atoms with Gasteiger partial charge in [-0.05, 0) is 114 Å². The van der Waals surface area contributed by atoms with Gasteiger partial charge in [0.25, 0.3) is 5.56 Å². The van der Waals surface area contributed by atoms with Gasteiger partial charge < -0.3 is 9.47 Å². The quantitative estimate of drug-likeness (QED) is 0.191. The number of nitrogens with zero attached hydrogens (tertiary/aromatic N) is 2. The fraction of sp³-hybridized carbons (Fsp3) is 0.269. The van der Waals surface area contributed by atoms with E-state index in [0.29, 0.717) is 27.2 Å². The molecule has 0 saturated carbocycles. The molecule has 0 bridgehead atoms. The van der Waals surface area contributed by atoms with Crippen LogP contribution in [-0.2, 0) is 9.53 Å². The average Bonchev–Trinajstić information content (AvgIpc) is 3.15. The Morgan fingerprint density at radius 2 is 1.83 bits per heavy atom. The standard InChI is InChI=1S/C26H24I2N2O4S2/c1-5-33-23-18(27)11-15(12-19(23)28)13-20-24(31)30-22(16-7-9-17(35-4)10-8-16)21(25(32)34-6-2)14(3)29-26(30)36-20/h7-13,22H,5-6H2,1-4H3/b20-13-/t22-/m0/s1. The second kappa shape index (κ2) is 11.8. The molecule has 1 aliphatic heterocycles. The van der Waals surface area contributed by atoms with E-state index in [1.807, 2.05) is 55.7 Å². The zero-order chi connectivity index (χ0) is 26.0. The fourth-order valence-corrected chi connectivity index (χ4v) is 7.57. The molecule has 188 valence electrons. The van der Waals surface area contributed by atoms with Gasteiger partial charge in [-0.3, -0.25) is 9.36 Å². The first-order valence-corrected chi connectivity index (χ1v) is 15.4. The number of halogens is 2. The summed E-state index contributed by atoms with van der Waals surface area (Å²) in [6.45, 7) is 6.35. The van der Waals surface area contributed by atoms with E-state index >= 15 is 0 Å². The summed E-state index contributed by atoms with van der Waals surface area (Å²) in [6, 6.07) is 11.3. The van der Waals surface area contributed by atoms with Crippen molar-refractivity contribution in [1.82, 2.24) is 4.57 Å². The smallest absolute Gasteiger partial charge is 0.338 e. The Hall–Kier alpha value is -1.64. The van der Waals surface area contributed by atoms with Crippen molar-refractivity contribution in [2.24, 2.45) is 4.99 Å². The van der Waals surface area contributed by atoms with Gasteiger partial charge in [0.15, 0.2) is 4.80 Å². The van der Waals surface area contributed by atoms with E-state index in [-0.39, 0.29) is 12.2 Å². The Morgan fingerprint density at radius 3 is 2.42 bits per heavy atom. The summed E-state index contributed by atoms with van der Waals surface area (Å²) in [4.78, 5) is 33.1. The maximum Gasteiger partial charge on any atom is 0.338 e. The molecule has 2 aromatic carbocycles. The van der Waals surface area contributed by atoms with Gasteiger partial charge in [0.1, 0.15) is 5.75 Å². The number of hydrogen-bond donors (Lipinski definition) is 0. The van der Waals surface area contributed by atoms with E-state index in [1.165, 1.54) is 11.3 Å². The first kappa shape index (κ1) is 27.4. The zero-order valence-corrected chi connectivity index (χ0v) is 26.1. The molecule has 1 aliphatic rings. The monoisotopic (exact) mass is 746 g/mol. The van der Waals surface area contributed by atoms with Crippen LogP contribution < -0.4 is 19.6 Å². The summed E-state index contributed by atoms with van der Waals surface area (Å²) in [5, 5.41) is 0. The average molecular weight is 746 g/mol. The summed E-state index contributed by atoms with van der Waals surface area (Å²) in [5.41, 5.74) is 2.50. The third-order valence-corrected chi connectivity index (χ3v) is 8.88. The molecule has 36 heavy (non-hydrogen) atoms. The van der Waals surface area contributed by atoms with Crippen molar-refractivity contribution in [2.75, 3.05) is 19.5 Å². The van der Waals surface area contributed by atoms with Crippen molar-refractivity contribution >= 4 is 80.3 Å². The molecule has 0 fully saturated rings. The lowest BCUT2D eigenvalue weighted by atomic mass is 9.96. The van der Waals surface area contributed by atoms with E-state index in [1.54, 1.807) is 30.2 Å². The summed E-state index contributed by atoms with van der Waals surface area (Å²) in [7, 11) is 0. The highest BCUT2D eigenvalue weighted by molar-refractivity contribution is 14.1. The number of carbonyl (C=O) groups is 1. The fourth-order valence-electron chi connectivity index (χ4n) is 3.99. The first-order chi connectivity index (χ1) is 17.3. The molecular formula is C26H24I2N2O4S2. The molecule has 0 radical (unpaired) electrons. The number of thiazole rings is 1. The van der Waals surface area contributed by atoms with Crippen LogP contribution in [0.1, 0.15) is 37.9 Å². The maximum absolute atomic E-state index is 13.8. The van der Waals surface area contributed by atoms with Crippen molar-refractivity contribution in [3.63, 3.8) is 0 Å². The minimum absolute atomic E-state index is 0.189. The van der Waals surface area contributed by atoms with Crippen molar-refractivity contribution in [1.29, 1.82) is 0 Å². The molecule has 2 heterocycles. The third kappa shape index (κ3) is 5.46. The first-order valence-electron chi connectivity index (χ1n) is 11.2. The van der Waals surface area contributed by atoms with E-state index in [9.17, 15) is 9.59 Å². The largest absolute Gasteiger partial charge is 0.492 e. The van der Waals surface area contributed by atoms with Gasteiger partial charge in [-0.25, -0.2) is 9.79 Å². The molecule has 0 unspecified atom stereocenters. The number of ether oxygens (including phenoxy) is 2. The van der Waals surface area contributed by atoms with Crippen molar-refractivity contribution in [3.8, 4) is 5.75 Å². The van der Waals surface area contributed by atoms with Crippen LogP contribution >= 0.6 is 68.3 Å². The molecule has 1 atom stereocenters. The maximum atomic E-state index is 13.8. The van der Waals surface area contributed by atoms with Gasteiger partial charge in [-0.1, -0.05) is 23.5 Å². The molecule has 6 nitrogen and oxygen atoms in total. The molecule has 0 aliphatic carbocycles. The number of allylic oxidation sites excluding steroid dienone is 1. The lowest BCUT2D eigenvalue weighted by Gasteiger charge is -2.24. The Labute approximate surface area is 244 Å². The summed E-state index contributed by atoms with van der Waals surface area (Å²) >= 11 is 7.46. The molecular weight excluding hydrogens is 722 g/mol. The van der Waals surface area contributed by atoms with Gasteiger partial charge in [-0.15, -0.1) is 11.8 Å². The van der Waals surface area contributed by atoms with E-state index in [4.69, 9.17) is 9.47 Å². The number of esters is 1. The van der Waals surface area contributed by atoms with E-state index in [0.717, 1.165) is 28.9 Å². The highest BCUT2D eigenvalue weighted by Crippen LogP contribution is 2.32. The van der Waals surface area contributed by atoms with Gasteiger partial charge in [0.2, 0.25) is 0 Å². The van der Waals surface area contributed by atoms with Gasteiger partial charge in [0, 0.05) is 4.90 Å². The van der Waals surface area contributed by atoms with Crippen LogP contribution in [0.15, 0.2) is 62.4 Å². The minimum atomic E-state index is -0.612. The van der Waals surface area contributed by atoms with Gasteiger partial charge in [-0.2, -0.15) is 0 Å². The van der Waals surface area contributed by atoms with Crippen molar-refractivity contribution in [3.05, 3.63) is 85.6 Å². The second-order valence-corrected chi connectivity index (χ2v) is 12.0. The van der Waals surface area contributed by atoms with Gasteiger partial charge in [0.05, 0.1) is 42.2 Å². The summed E-state index contributed by atoms with van der Waals surface area (Å²) in [6.07, 6.45) is 3.89. The van der Waals surface area contributed by atoms with E-state index in [2.05, 4.69) is 50.2 Å². The number of carbonyl (C=O) groups excluding carboxylic acids is 1. The van der Waals surface area contributed by atoms with Crippen molar-refractivity contribution in [2.45, 2.75) is 31.7 Å². The molecule has 0 saturated heterocycles. The Morgan fingerprint density at radius 1 is 1.17 bits per heavy atom. The molecule has 1 aromatic heterocycles. The van der Waals surface area contributed by atoms with E-state index < -0.39 is 12.0 Å². The number of hydrogen-bond acceptors (Lipinski definition) is 7. The van der Waals surface area contributed by atoms with Crippen LogP contribution in [0.3, 0.4) is 0 Å². The van der Waals surface area contributed by atoms with Crippen LogP contribution in [0.5, 0.6) is 5.75 Å². The van der Waals surface area contributed by atoms with Gasteiger partial charge >= 0.3 is 5.97 Å². The van der Waals surface area contributed by atoms with Crippen LogP contribution in [0.25, 0.3) is 6.08 Å². The highest BCUT2D eigenvalue weighted by atomic mass is 127. The molecule has 3 aromatic rings. The zero-order valence-electron chi connectivity index (χ0n) is 20.1. The number of fused-ring (bicyclic) bond motifs is 1. The molecule has 0 spiro atoms. The Balaban J connectivity index is 1.91. The van der Waals surface area contributed by atoms with Crippen LogP contribution in [0, 0.1) is 7.14 Å². The minimum Gasteiger partial charge on any atom is -0.492 e. The highest BCUT2D eigenvalue weighted by Gasteiger charge is 2.33. The Bertz CT molecular complexity index is 1500. The molecule has 4 rings (SSSR count). The Kier molecular flexibility index (Phi) is 9.00.